The maximum Gasteiger partial charge on any atom is 0.410 e. The summed E-state index contributed by atoms with van der Waals surface area (Å²) < 4.78 is 7.56. The molecule has 0 saturated carbocycles. The molecule has 8 nitrogen and oxygen atoms in total. The number of carbonyl (C=O) groups is 1. The number of ether oxygens (including phenoxy) is 1. The van der Waals surface area contributed by atoms with E-state index in [1.165, 1.54) is 11.1 Å². The van der Waals surface area contributed by atoms with Crippen molar-refractivity contribution >= 4 is 22.8 Å². The lowest BCUT2D eigenvalue weighted by Crippen LogP contribution is -2.49. The van der Waals surface area contributed by atoms with Gasteiger partial charge in [0.2, 0.25) is 0 Å². The van der Waals surface area contributed by atoms with Crippen LogP contribution in [0.3, 0.4) is 0 Å². The van der Waals surface area contributed by atoms with Crippen molar-refractivity contribution in [1.29, 1.82) is 0 Å². The summed E-state index contributed by atoms with van der Waals surface area (Å²) >= 11 is 0. The summed E-state index contributed by atoms with van der Waals surface area (Å²) in [5.74, 6) is 0. The quantitative estimate of drug-likeness (QED) is 0.566. The number of fused-ring (bicyclic) bond motifs is 2. The number of aromatic nitrogens is 2. The highest BCUT2D eigenvalue weighted by Gasteiger charge is 2.26. The second kappa shape index (κ2) is 10.2. The standard InChI is InChI=1S/C29H37N5O3/c1-5-33-19-22(18-32-10-12-34(13-11-32)28(36)37-29(2,3)4)26(35)25-16-24(17-30-27(25)33)31-23-14-20-8-6-7-9-21(20)15-23/h6-9,16-17,19,23,31H,5,10-15,18H2,1-4H3. The molecular weight excluding hydrogens is 466 g/mol. The van der Waals surface area contributed by atoms with Gasteiger partial charge < -0.3 is 19.5 Å². The number of amides is 1. The number of anilines is 1. The van der Waals surface area contributed by atoms with Gasteiger partial charge >= 0.3 is 6.09 Å². The molecule has 37 heavy (non-hydrogen) atoms. The van der Waals surface area contributed by atoms with Crippen LogP contribution in [0.15, 0.2) is 47.5 Å². The summed E-state index contributed by atoms with van der Waals surface area (Å²) in [6, 6.07) is 10.8. The molecule has 0 radical (unpaired) electrons. The van der Waals surface area contributed by atoms with E-state index in [1.54, 1.807) is 4.90 Å². The van der Waals surface area contributed by atoms with Crippen LogP contribution >= 0.6 is 0 Å². The first-order chi connectivity index (χ1) is 17.7. The molecule has 1 fully saturated rings. The van der Waals surface area contributed by atoms with Gasteiger partial charge in [0.1, 0.15) is 11.2 Å². The van der Waals surface area contributed by atoms with E-state index in [9.17, 15) is 9.59 Å². The van der Waals surface area contributed by atoms with Crippen LogP contribution in [-0.4, -0.2) is 63.3 Å². The van der Waals surface area contributed by atoms with Gasteiger partial charge in [-0.25, -0.2) is 9.78 Å². The Kier molecular flexibility index (Phi) is 6.94. The third kappa shape index (κ3) is 5.64. The molecule has 1 aliphatic heterocycles. The SMILES string of the molecule is CCn1cc(CN2CCN(C(=O)OC(C)(C)C)CC2)c(=O)c2cc(NC3Cc4ccccc4C3)cnc21. The predicted octanol–water partition coefficient (Wildman–Crippen LogP) is 4.05. The number of benzene rings is 1. The molecule has 196 valence electrons. The largest absolute Gasteiger partial charge is 0.444 e. The minimum Gasteiger partial charge on any atom is -0.444 e. The fraction of sp³-hybridized carbons (Fsp3) is 0.483. The number of hydrogen-bond donors (Lipinski definition) is 1. The molecule has 1 aliphatic carbocycles. The van der Waals surface area contributed by atoms with E-state index in [4.69, 9.17) is 4.74 Å². The predicted molar refractivity (Wildman–Crippen MR) is 146 cm³/mol. The lowest BCUT2D eigenvalue weighted by Gasteiger charge is -2.35. The third-order valence-electron chi connectivity index (χ3n) is 7.17. The van der Waals surface area contributed by atoms with Crippen LogP contribution in [0.5, 0.6) is 0 Å². The molecule has 0 atom stereocenters. The number of aryl methyl sites for hydroxylation is 1. The fourth-order valence-electron chi connectivity index (χ4n) is 5.32. The number of rotatable bonds is 5. The molecule has 1 N–H and O–H groups in total. The van der Waals surface area contributed by atoms with Crippen molar-refractivity contribution in [2.45, 2.75) is 65.3 Å². The Morgan fingerprint density at radius 2 is 1.78 bits per heavy atom. The molecule has 3 heterocycles. The Hall–Kier alpha value is -3.39. The van der Waals surface area contributed by atoms with Gasteiger partial charge in [0.25, 0.3) is 0 Å². The molecule has 1 saturated heterocycles. The zero-order chi connectivity index (χ0) is 26.2. The Morgan fingerprint density at radius 1 is 1.11 bits per heavy atom. The second-order valence-electron chi connectivity index (χ2n) is 11.1. The number of hydrogen-bond acceptors (Lipinski definition) is 6. The molecule has 5 rings (SSSR count). The van der Waals surface area contributed by atoms with Crippen molar-refractivity contribution in [2.75, 3.05) is 31.5 Å². The van der Waals surface area contributed by atoms with E-state index in [-0.39, 0.29) is 11.5 Å². The average molecular weight is 504 g/mol. The first-order valence-electron chi connectivity index (χ1n) is 13.3. The summed E-state index contributed by atoms with van der Waals surface area (Å²) in [5.41, 5.74) is 4.65. The number of nitrogens with zero attached hydrogens (tertiary/aromatic N) is 4. The molecule has 1 amide bonds. The van der Waals surface area contributed by atoms with Gasteiger partial charge in [-0.2, -0.15) is 0 Å². The topological polar surface area (TPSA) is 79.7 Å². The molecule has 8 heteroatoms. The molecule has 0 unspecified atom stereocenters. The van der Waals surface area contributed by atoms with Crippen LogP contribution in [0.1, 0.15) is 44.4 Å². The monoisotopic (exact) mass is 503 g/mol. The fourth-order valence-corrected chi connectivity index (χ4v) is 5.32. The molecule has 0 spiro atoms. The number of pyridine rings is 2. The second-order valence-corrected chi connectivity index (χ2v) is 11.1. The van der Waals surface area contributed by atoms with Crippen molar-refractivity contribution in [2.24, 2.45) is 0 Å². The van der Waals surface area contributed by atoms with E-state index in [0.29, 0.717) is 49.8 Å². The van der Waals surface area contributed by atoms with Gasteiger partial charge in [0.15, 0.2) is 5.43 Å². The van der Waals surface area contributed by atoms with Crippen molar-refractivity contribution in [3.05, 3.63) is 69.6 Å². The van der Waals surface area contributed by atoms with Crippen LogP contribution in [-0.2, 0) is 30.7 Å². The average Bonchev–Trinajstić information content (AvgIpc) is 3.27. The number of carbonyl (C=O) groups excluding carboxylic acids is 1. The summed E-state index contributed by atoms with van der Waals surface area (Å²) in [7, 11) is 0. The molecule has 1 aromatic carbocycles. The van der Waals surface area contributed by atoms with E-state index in [0.717, 1.165) is 30.6 Å². The van der Waals surface area contributed by atoms with Gasteiger partial charge in [-0.05, 0) is 57.7 Å². The van der Waals surface area contributed by atoms with Gasteiger partial charge in [-0.15, -0.1) is 0 Å². The number of nitrogens with one attached hydrogen (secondary N) is 1. The normalized spacial score (nSPS) is 16.7. The zero-order valence-corrected chi connectivity index (χ0v) is 22.3. The van der Waals surface area contributed by atoms with Crippen molar-refractivity contribution in [3.63, 3.8) is 0 Å². The summed E-state index contributed by atoms with van der Waals surface area (Å²) in [6.45, 7) is 11.5. The minimum atomic E-state index is -0.506. The van der Waals surface area contributed by atoms with E-state index >= 15 is 0 Å². The van der Waals surface area contributed by atoms with Crippen LogP contribution in [0.25, 0.3) is 11.0 Å². The highest BCUT2D eigenvalue weighted by molar-refractivity contribution is 5.79. The van der Waals surface area contributed by atoms with Crippen molar-refractivity contribution < 1.29 is 9.53 Å². The smallest absolute Gasteiger partial charge is 0.410 e. The zero-order valence-electron chi connectivity index (χ0n) is 22.3. The van der Waals surface area contributed by atoms with E-state index in [1.807, 2.05) is 39.2 Å². The molecule has 2 aromatic heterocycles. The minimum absolute atomic E-state index is 0.0279. The third-order valence-corrected chi connectivity index (χ3v) is 7.17. The van der Waals surface area contributed by atoms with E-state index in [2.05, 4.69) is 51.0 Å². The summed E-state index contributed by atoms with van der Waals surface area (Å²) in [6.07, 6.45) is 5.46. The van der Waals surface area contributed by atoms with Crippen LogP contribution < -0.4 is 10.7 Å². The molecule has 2 aliphatic rings. The Labute approximate surface area is 218 Å². The maximum absolute atomic E-state index is 13.6. The van der Waals surface area contributed by atoms with E-state index < -0.39 is 5.60 Å². The number of piperazine rings is 1. The van der Waals surface area contributed by atoms with Crippen LogP contribution in [0, 0.1) is 0 Å². The van der Waals surface area contributed by atoms with Crippen molar-refractivity contribution in [3.8, 4) is 0 Å². The first kappa shape index (κ1) is 25.3. The lowest BCUT2D eigenvalue weighted by molar-refractivity contribution is 0.0138. The van der Waals surface area contributed by atoms with Gasteiger partial charge in [0, 0.05) is 57.1 Å². The van der Waals surface area contributed by atoms with Crippen molar-refractivity contribution in [1.82, 2.24) is 19.4 Å². The first-order valence-corrected chi connectivity index (χ1v) is 13.3. The van der Waals surface area contributed by atoms with Gasteiger partial charge in [-0.3, -0.25) is 9.69 Å². The van der Waals surface area contributed by atoms with Crippen LogP contribution in [0.2, 0.25) is 0 Å². The van der Waals surface area contributed by atoms with Gasteiger partial charge in [0.05, 0.1) is 17.3 Å². The van der Waals surface area contributed by atoms with Crippen LogP contribution in [0.4, 0.5) is 10.5 Å². The van der Waals surface area contributed by atoms with Gasteiger partial charge in [-0.1, -0.05) is 24.3 Å². The Morgan fingerprint density at radius 3 is 2.41 bits per heavy atom. The highest BCUT2D eigenvalue weighted by atomic mass is 16.6. The molecular formula is C29H37N5O3. The lowest BCUT2D eigenvalue weighted by atomic mass is 10.1. The maximum atomic E-state index is 13.6. The summed E-state index contributed by atoms with van der Waals surface area (Å²) in [5, 5.41) is 4.25. The summed E-state index contributed by atoms with van der Waals surface area (Å²) in [4.78, 5) is 34.6. The Bertz CT molecular complexity index is 1330. The molecule has 0 bridgehead atoms. The molecule has 3 aromatic rings. The Balaban J connectivity index is 1.30. The highest BCUT2D eigenvalue weighted by Crippen LogP contribution is 2.25.